The van der Waals surface area contributed by atoms with E-state index in [9.17, 15) is 0 Å². The molecular formula is C42H31NOSi. The summed E-state index contributed by atoms with van der Waals surface area (Å²) in [5.41, 5.74) is 10.5. The van der Waals surface area contributed by atoms with Gasteiger partial charge in [0.1, 0.15) is 19.2 Å². The quantitative estimate of drug-likeness (QED) is 0.189. The number of para-hydroxylation sites is 2. The van der Waals surface area contributed by atoms with Gasteiger partial charge in [-0.3, -0.25) is 0 Å². The minimum Gasteiger partial charge on any atom is -0.455 e. The molecule has 214 valence electrons. The van der Waals surface area contributed by atoms with E-state index in [4.69, 9.17) is 4.42 Å². The Hall–Kier alpha value is -5.38. The summed E-state index contributed by atoms with van der Waals surface area (Å²) in [6.07, 6.45) is 0. The maximum Gasteiger partial charge on any atom is 0.143 e. The largest absolute Gasteiger partial charge is 0.455 e. The minimum atomic E-state index is -2.00. The molecule has 0 saturated carbocycles. The molecule has 0 spiro atoms. The van der Waals surface area contributed by atoms with Crippen molar-refractivity contribution in [3.63, 3.8) is 0 Å². The molecule has 7 aromatic carbocycles. The van der Waals surface area contributed by atoms with Crippen LogP contribution < -0.4 is 15.3 Å². The number of anilines is 3. The summed E-state index contributed by atoms with van der Waals surface area (Å²) in [5, 5.41) is 7.75. The van der Waals surface area contributed by atoms with Crippen molar-refractivity contribution in [3.8, 4) is 22.3 Å². The van der Waals surface area contributed by atoms with Gasteiger partial charge in [0.15, 0.2) is 0 Å². The van der Waals surface area contributed by atoms with Crippen LogP contribution in [-0.4, -0.2) is 8.07 Å². The highest BCUT2D eigenvalue weighted by atomic mass is 28.3. The van der Waals surface area contributed by atoms with Gasteiger partial charge in [-0.05, 0) is 86.4 Å². The van der Waals surface area contributed by atoms with Crippen LogP contribution in [0.4, 0.5) is 17.1 Å². The molecule has 1 aromatic heterocycles. The Morgan fingerprint density at radius 1 is 0.489 bits per heavy atom. The van der Waals surface area contributed by atoms with E-state index in [1.807, 2.05) is 0 Å². The molecular weight excluding hydrogens is 563 g/mol. The molecule has 3 heteroatoms. The van der Waals surface area contributed by atoms with Gasteiger partial charge in [-0.2, -0.15) is 0 Å². The van der Waals surface area contributed by atoms with E-state index in [2.05, 4.69) is 170 Å². The maximum absolute atomic E-state index is 6.55. The van der Waals surface area contributed by atoms with Crippen LogP contribution in [-0.2, 0) is 0 Å². The van der Waals surface area contributed by atoms with E-state index in [0.29, 0.717) is 0 Å². The lowest BCUT2D eigenvalue weighted by atomic mass is 10.00. The number of nitrogens with zero attached hydrogens (tertiary/aromatic N) is 1. The van der Waals surface area contributed by atoms with Crippen LogP contribution in [0.5, 0.6) is 0 Å². The first-order chi connectivity index (χ1) is 22.1. The van der Waals surface area contributed by atoms with Gasteiger partial charge in [0.2, 0.25) is 0 Å². The molecule has 0 N–H and O–H groups in total. The second-order valence-electron chi connectivity index (χ2n) is 12.6. The van der Waals surface area contributed by atoms with Crippen LogP contribution in [0.3, 0.4) is 0 Å². The molecule has 1 aliphatic rings. The summed E-state index contributed by atoms with van der Waals surface area (Å²) in [6.45, 7) is 4.95. The smallest absolute Gasteiger partial charge is 0.143 e. The third-order valence-corrected chi connectivity index (χ3v) is 13.2. The normalized spacial score (nSPS) is 13.3. The lowest BCUT2D eigenvalue weighted by Crippen LogP contribution is -2.49. The molecule has 9 rings (SSSR count). The summed E-state index contributed by atoms with van der Waals surface area (Å²) in [6, 6.07) is 55.0. The van der Waals surface area contributed by atoms with Crippen LogP contribution in [0.1, 0.15) is 0 Å². The summed E-state index contributed by atoms with van der Waals surface area (Å²) in [7, 11) is -2.00. The first-order valence-corrected chi connectivity index (χ1v) is 18.6. The number of furan rings is 1. The number of benzene rings is 7. The van der Waals surface area contributed by atoms with E-state index in [1.165, 1.54) is 59.9 Å². The molecule has 2 heterocycles. The molecule has 0 saturated heterocycles. The molecule has 0 amide bonds. The van der Waals surface area contributed by atoms with E-state index in [-0.39, 0.29) is 0 Å². The maximum atomic E-state index is 6.55. The molecule has 8 aromatic rings. The zero-order chi connectivity index (χ0) is 30.1. The second-order valence-corrected chi connectivity index (χ2v) is 16.9. The van der Waals surface area contributed by atoms with Crippen molar-refractivity contribution >= 4 is 68.2 Å². The lowest BCUT2D eigenvalue weighted by Gasteiger charge is -2.28. The minimum absolute atomic E-state index is 0.952. The van der Waals surface area contributed by atoms with Crippen molar-refractivity contribution in [1.29, 1.82) is 0 Å². The summed E-state index contributed by atoms with van der Waals surface area (Å²) >= 11 is 0. The molecule has 0 fully saturated rings. The van der Waals surface area contributed by atoms with Crippen molar-refractivity contribution in [1.82, 2.24) is 0 Å². The number of hydrogen-bond acceptors (Lipinski definition) is 2. The number of fused-ring (bicyclic) bond motifs is 8. The predicted molar refractivity (Wildman–Crippen MR) is 194 cm³/mol. The van der Waals surface area contributed by atoms with Crippen molar-refractivity contribution in [3.05, 3.63) is 152 Å². The first-order valence-electron chi connectivity index (χ1n) is 15.6. The topological polar surface area (TPSA) is 16.4 Å². The molecule has 0 atom stereocenters. The van der Waals surface area contributed by atoms with Crippen molar-refractivity contribution in [2.75, 3.05) is 4.90 Å². The van der Waals surface area contributed by atoms with Crippen LogP contribution in [0.25, 0.3) is 55.0 Å². The molecule has 45 heavy (non-hydrogen) atoms. The fraction of sp³-hybridized carbons (Fsp3) is 0.0476. The third kappa shape index (κ3) is 4.01. The average Bonchev–Trinajstić information content (AvgIpc) is 3.58. The monoisotopic (exact) mass is 593 g/mol. The zero-order valence-corrected chi connectivity index (χ0v) is 26.3. The summed E-state index contributed by atoms with van der Waals surface area (Å²) in [5.74, 6) is 0. The van der Waals surface area contributed by atoms with Gasteiger partial charge in [0.05, 0.1) is 0 Å². The van der Waals surface area contributed by atoms with Gasteiger partial charge >= 0.3 is 0 Å². The average molecular weight is 594 g/mol. The van der Waals surface area contributed by atoms with Gasteiger partial charge in [0, 0.05) is 33.4 Å². The van der Waals surface area contributed by atoms with Crippen molar-refractivity contribution in [2.24, 2.45) is 0 Å². The highest BCUT2D eigenvalue weighted by Crippen LogP contribution is 2.42. The summed E-state index contributed by atoms with van der Waals surface area (Å²) < 4.78 is 6.55. The van der Waals surface area contributed by atoms with E-state index >= 15 is 0 Å². The molecule has 0 bridgehead atoms. The zero-order valence-electron chi connectivity index (χ0n) is 25.3. The second kappa shape index (κ2) is 9.81. The van der Waals surface area contributed by atoms with Gasteiger partial charge in [-0.1, -0.05) is 116 Å². The van der Waals surface area contributed by atoms with Crippen LogP contribution in [0.15, 0.2) is 156 Å². The molecule has 0 aliphatic carbocycles. The molecule has 0 radical (unpaired) electrons. The Bertz CT molecular complexity index is 2410. The molecule has 1 aliphatic heterocycles. The van der Waals surface area contributed by atoms with Gasteiger partial charge in [0.25, 0.3) is 0 Å². The van der Waals surface area contributed by atoms with Gasteiger partial charge < -0.3 is 9.32 Å². The van der Waals surface area contributed by atoms with Gasteiger partial charge in [-0.25, -0.2) is 0 Å². The van der Waals surface area contributed by atoms with Crippen molar-refractivity contribution < 1.29 is 4.42 Å². The van der Waals surface area contributed by atoms with Crippen LogP contribution in [0, 0.1) is 0 Å². The highest BCUT2D eigenvalue weighted by molar-refractivity contribution is 7.04. The standard InChI is InChI=1S/C42H31NOSi/c1-45(2)39-24-23-36-35-15-9-10-16-38(35)44-42(36)41(39)37-22-21-34(27-40(37)45)43(32-13-7-4-8-14-32)33-20-19-30-25-29(17-18-31(30)26-33)28-11-5-3-6-12-28/h3-27H,1-2H3. The van der Waals surface area contributed by atoms with Gasteiger partial charge in [-0.15, -0.1) is 0 Å². The lowest BCUT2D eigenvalue weighted by molar-refractivity contribution is 0.670. The number of rotatable bonds is 4. The Labute approximate surface area is 263 Å². The predicted octanol–water partition coefficient (Wildman–Crippen LogP) is 10.7. The SMILES string of the molecule is C[Si]1(C)c2cc(N(c3ccccc3)c3ccc4cc(-c5ccccc5)ccc4c3)ccc2-c2c1ccc1c2oc2ccccc21. The Morgan fingerprint density at radius 2 is 1.18 bits per heavy atom. The van der Waals surface area contributed by atoms with Crippen LogP contribution >= 0.6 is 0 Å². The van der Waals surface area contributed by atoms with E-state index in [1.54, 1.807) is 0 Å². The fourth-order valence-electron chi connectivity index (χ4n) is 7.34. The third-order valence-electron chi connectivity index (χ3n) is 9.63. The molecule has 2 nitrogen and oxygen atoms in total. The van der Waals surface area contributed by atoms with E-state index < -0.39 is 8.07 Å². The Morgan fingerprint density at radius 3 is 2.02 bits per heavy atom. The highest BCUT2D eigenvalue weighted by Gasteiger charge is 2.40. The summed E-state index contributed by atoms with van der Waals surface area (Å²) in [4.78, 5) is 2.40. The fourth-order valence-corrected chi connectivity index (χ4v) is 10.4. The van der Waals surface area contributed by atoms with E-state index in [0.717, 1.165) is 22.5 Å². The van der Waals surface area contributed by atoms with Crippen molar-refractivity contribution in [2.45, 2.75) is 13.1 Å². The first kappa shape index (κ1) is 26.1. The number of hydrogen-bond donors (Lipinski definition) is 0. The molecule has 0 unspecified atom stereocenters. The van der Waals surface area contributed by atoms with Crippen LogP contribution in [0.2, 0.25) is 13.1 Å². The Balaban J connectivity index is 1.20. The Kier molecular flexibility index (Phi) is 5.68.